The van der Waals surface area contributed by atoms with Crippen molar-refractivity contribution in [3.63, 3.8) is 0 Å². The average Bonchev–Trinajstić information content (AvgIpc) is 2.41. The molecule has 1 aromatic rings. The second kappa shape index (κ2) is 6.38. The van der Waals surface area contributed by atoms with Gasteiger partial charge in [0.15, 0.2) is 0 Å². The summed E-state index contributed by atoms with van der Waals surface area (Å²) in [6, 6.07) is 4.43. The smallest absolute Gasteiger partial charge is 0.124 e. The Labute approximate surface area is 115 Å². The van der Waals surface area contributed by atoms with Crippen LogP contribution in [0.2, 0.25) is 0 Å². The molecule has 0 amide bonds. The van der Waals surface area contributed by atoms with E-state index < -0.39 is 0 Å². The van der Waals surface area contributed by atoms with Gasteiger partial charge in [0.1, 0.15) is 11.6 Å². The Morgan fingerprint density at radius 1 is 1.42 bits per heavy atom. The zero-order valence-corrected chi connectivity index (χ0v) is 11.9. The fraction of sp³-hybridized carbons (Fsp3) is 0.625. The first-order chi connectivity index (χ1) is 9.10. The maximum atomic E-state index is 13.3. The van der Waals surface area contributed by atoms with Crippen LogP contribution in [0.5, 0.6) is 5.75 Å². The normalized spacial score (nSPS) is 25.1. The molecule has 3 unspecified atom stereocenters. The van der Waals surface area contributed by atoms with Gasteiger partial charge in [-0.05, 0) is 50.3 Å². The van der Waals surface area contributed by atoms with Crippen LogP contribution in [-0.2, 0) is 0 Å². The van der Waals surface area contributed by atoms with Crippen LogP contribution in [0.1, 0.15) is 57.6 Å². The summed E-state index contributed by atoms with van der Waals surface area (Å²) < 4.78 is 19.4. The summed E-state index contributed by atoms with van der Waals surface area (Å²) >= 11 is 0. The minimum absolute atomic E-state index is 0.212. The number of halogens is 1. The maximum Gasteiger partial charge on any atom is 0.124 e. The third-order valence-corrected chi connectivity index (χ3v) is 4.07. The predicted molar refractivity (Wildman–Crippen MR) is 75.7 cm³/mol. The van der Waals surface area contributed by atoms with Crippen LogP contribution < -0.4 is 10.5 Å². The maximum absolute atomic E-state index is 13.3. The Morgan fingerprint density at radius 3 is 2.89 bits per heavy atom. The van der Waals surface area contributed by atoms with E-state index in [9.17, 15) is 4.39 Å². The molecule has 3 heteroatoms. The van der Waals surface area contributed by atoms with Crippen molar-refractivity contribution < 1.29 is 9.13 Å². The molecule has 1 aromatic carbocycles. The molecule has 3 atom stereocenters. The van der Waals surface area contributed by atoms with E-state index in [4.69, 9.17) is 10.5 Å². The molecule has 0 saturated heterocycles. The lowest BCUT2D eigenvalue weighted by Crippen LogP contribution is -2.26. The van der Waals surface area contributed by atoms with Gasteiger partial charge in [-0.25, -0.2) is 4.39 Å². The Kier molecular flexibility index (Phi) is 4.81. The molecule has 0 spiro atoms. The van der Waals surface area contributed by atoms with Gasteiger partial charge in [-0.3, -0.25) is 0 Å². The third-order valence-electron chi connectivity index (χ3n) is 4.07. The topological polar surface area (TPSA) is 35.2 Å². The molecule has 2 N–H and O–H groups in total. The first-order valence-corrected chi connectivity index (χ1v) is 7.31. The van der Waals surface area contributed by atoms with Gasteiger partial charge in [0, 0.05) is 11.6 Å². The summed E-state index contributed by atoms with van der Waals surface area (Å²) in [4.78, 5) is 0. The molecule has 1 aliphatic carbocycles. The lowest BCUT2D eigenvalue weighted by Gasteiger charge is -2.30. The highest BCUT2D eigenvalue weighted by Gasteiger charge is 2.23. The van der Waals surface area contributed by atoms with Crippen LogP contribution in [-0.4, -0.2) is 6.10 Å². The molecule has 106 valence electrons. The van der Waals surface area contributed by atoms with E-state index in [0.717, 1.165) is 30.1 Å². The van der Waals surface area contributed by atoms with Gasteiger partial charge in [-0.1, -0.05) is 19.8 Å². The van der Waals surface area contributed by atoms with E-state index in [1.165, 1.54) is 31.4 Å². The summed E-state index contributed by atoms with van der Waals surface area (Å²) in [7, 11) is 0. The van der Waals surface area contributed by atoms with Crippen molar-refractivity contribution in [2.45, 2.75) is 58.1 Å². The highest BCUT2D eigenvalue weighted by Crippen LogP contribution is 2.32. The monoisotopic (exact) mass is 265 g/mol. The predicted octanol–water partition coefficient (Wildman–Crippen LogP) is 4.19. The first kappa shape index (κ1) is 14.3. The van der Waals surface area contributed by atoms with Gasteiger partial charge >= 0.3 is 0 Å². The Balaban J connectivity index is 2.10. The summed E-state index contributed by atoms with van der Waals surface area (Å²) in [6.07, 6.45) is 6.18. The number of benzene rings is 1. The van der Waals surface area contributed by atoms with Crippen molar-refractivity contribution in [2.24, 2.45) is 11.7 Å². The van der Waals surface area contributed by atoms with Gasteiger partial charge in [-0.15, -0.1) is 0 Å². The lowest BCUT2D eigenvalue weighted by atomic mass is 9.85. The second-order valence-corrected chi connectivity index (χ2v) is 5.65. The minimum Gasteiger partial charge on any atom is -0.490 e. The van der Waals surface area contributed by atoms with E-state index in [-0.39, 0.29) is 18.0 Å². The Hall–Kier alpha value is -1.09. The minimum atomic E-state index is -0.255. The van der Waals surface area contributed by atoms with Gasteiger partial charge < -0.3 is 10.5 Å². The standard InChI is InChI=1S/C16H24FNO/c1-3-12-5-4-6-14(9-12)19-16-8-7-13(17)10-15(16)11(2)18/h7-8,10-12,14H,3-6,9,18H2,1-2H3. The zero-order valence-electron chi connectivity index (χ0n) is 11.9. The SMILES string of the molecule is CCC1CCCC(Oc2ccc(F)cc2C(C)N)C1. The molecule has 0 bridgehead atoms. The first-order valence-electron chi connectivity index (χ1n) is 7.31. The van der Waals surface area contributed by atoms with Crippen molar-refractivity contribution >= 4 is 0 Å². The van der Waals surface area contributed by atoms with Gasteiger partial charge in [0.05, 0.1) is 6.10 Å². The van der Waals surface area contributed by atoms with Crippen LogP contribution in [0.15, 0.2) is 18.2 Å². The zero-order chi connectivity index (χ0) is 13.8. The molecule has 2 rings (SSSR count). The summed E-state index contributed by atoms with van der Waals surface area (Å²) in [5.74, 6) is 1.26. The van der Waals surface area contributed by atoms with Crippen LogP contribution in [0.3, 0.4) is 0 Å². The highest BCUT2D eigenvalue weighted by molar-refractivity contribution is 5.36. The third kappa shape index (κ3) is 3.69. The van der Waals surface area contributed by atoms with E-state index in [1.54, 1.807) is 6.07 Å². The summed E-state index contributed by atoms with van der Waals surface area (Å²) in [5.41, 5.74) is 6.66. The molecule has 1 saturated carbocycles. The van der Waals surface area contributed by atoms with E-state index in [1.807, 2.05) is 6.92 Å². The van der Waals surface area contributed by atoms with Crippen molar-refractivity contribution in [3.8, 4) is 5.75 Å². The molecule has 1 aliphatic rings. The number of ether oxygens (including phenoxy) is 1. The lowest BCUT2D eigenvalue weighted by molar-refractivity contribution is 0.120. The average molecular weight is 265 g/mol. The van der Waals surface area contributed by atoms with Crippen molar-refractivity contribution in [1.29, 1.82) is 0 Å². The number of nitrogens with two attached hydrogens (primary N) is 1. The molecular formula is C16H24FNO. The summed E-state index contributed by atoms with van der Waals surface area (Å²) in [5, 5.41) is 0. The molecule has 0 aliphatic heterocycles. The quantitative estimate of drug-likeness (QED) is 0.885. The number of hydrogen-bond donors (Lipinski definition) is 1. The van der Waals surface area contributed by atoms with E-state index >= 15 is 0 Å². The van der Waals surface area contributed by atoms with Gasteiger partial charge in [0.2, 0.25) is 0 Å². The molecule has 2 nitrogen and oxygen atoms in total. The fourth-order valence-electron chi connectivity index (χ4n) is 2.88. The van der Waals surface area contributed by atoms with Gasteiger partial charge in [0.25, 0.3) is 0 Å². The summed E-state index contributed by atoms with van der Waals surface area (Å²) in [6.45, 7) is 4.09. The molecule has 19 heavy (non-hydrogen) atoms. The van der Waals surface area contributed by atoms with Crippen LogP contribution in [0, 0.1) is 11.7 Å². The Bertz CT molecular complexity index is 419. The van der Waals surface area contributed by atoms with E-state index in [0.29, 0.717) is 0 Å². The van der Waals surface area contributed by atoms with Crippen LogP contribution in [0.25, 0.3) is 0 Å². The Morgan fingerprint density at radius 2 is 2.21 bits per heavy atom. The molecule has 0 radical (unpaired) electrons. The van der Waals surface area contributed by atoms with Crippen LogP contribution >= 0.6 is 0 Å². The second-order valence-electron chi connectivity index (χ2n) is 5.65. The number of rotatable bonds is 4. The van der Waals surface area contributed by atoms with Crippen LogP contribution in [0.4, 0.5) is 4.39 Å². The highest BCUT2D eigenvalue weighted by atomic mass is 19.1. The molecule has 1 fully saturated rings. The largest absolute Gasteiger partial charge is 0.490 e. The molecule has 0 heterocycles. The van der Waals surface area contributed by atoms with Crippen molar-refractivity contribution in [2.75, 3.05) is 0 Å². The van der Waals surface area contributed by atoms with Gasteiger partial charge in [-0.2, -0.15) is 0 Å². The van der Waals surface area contributed by atoms with Crippen molar-refractivity contribution in [3.05, 3.63) is 29.6 Å². The number of hydrogen-bond acceptors (Lipinski definition) is 2. The molecule has 0 aromatic heterocycles. The van der Waals surface area contributed by atoms with Crippen molar-refractivity contribution in [1.82, 2.24) is 0 Å². The molecular weight excluding hydrogens is 241 g/mol. The fourth-order valence-corrected chi connectivity index (χ4v) is 2.88. The van der Waals surface area contributed by atoms with E-state index in [2.05, 4.69) is 6.92 Å².